The fourth-order valence-electron chi connectivity index (χ4n) is 5.75. The van der Waals surface area contributed by atoms with Crippen LogP contribution < -0.4 is 5.32 Å². The minimum absolute atomic E-state index is 0.0671. The van der Waals surface area contributed by atoms with Crippen LogP contribution in [0.2, 0.25) is 0 Å². The molecule has 46 heavy (non-hydrogen) atoms. The van der Waals surface area contributed by atoms with Gasteiger partial charge in [0.25, 0.3) is 0 Å². The van der Waals surface area contributed by atoms with Gasteiger partial charge < -0.3 is 79.7 Å². The van der Waals surface area contributed by atoms with Gasteiger partial charge in [0, 0.05) is 25.4 Å². The highest BCUT2D eigenvalue weighted by atomic mass is 16.8. The lowest BCUT2D eigenvalue weighted by Crippen LogP contribution is -2.65. The highest BCUT2D eigenvalue weighted by Crippen LogP contribution is 2.33. The lowest BCUT2D eigenvalue weighted by Gasteiger charge is -2.48. The summed E-state index contributed by atoms with van der Waals surface area (Å²) in [5, 5.41) is 94.3. The van der Waals surface area contributed by atoms with Gasteiger partial charge in [-0.25, -0.2) is 0 Å². The van der Waals surface area contributed by atoms with E-state index in [0.29, 0.717) is 13.0 Å². The molecule has 3 heterocycles. The molecule has 3 fully saturated rings. The maximum absolute atomic E-state index is 11.1. The van der Waals surface area contributed by atoms with Crippen LogP contribution in [0, 0.1) is 0 Å². The average molecular weight is 672 g/mol. The van der Waals surface area contributed by atoms with Crippen LogP contribution in [0.5, 0.6) is 0 Å². The Morgan fingerprint density at radius 3 is 2.15 bits per heavy atom. The number of carboxylic acid groups (broad SMARTS) is 1. The maximum Gasteiger partial charge on any atom is 0.303 e. The lowest BCUT2D eigenvalue weighted by molar-refractivity contribution is -0.383. The Morgan fingerprint density at radius 2 is 1.48 bits per heavy atom. The number of rotatable bonds is 18. The first-order valence-electron chi connectivity index (χ1n) is 16.0. The molecule has 3 saturated heterocycles. The second-order valence-corrected chi connectivity index (χ2v) is 12.3. The van der Waals surface area contributed by atoms with Gasteiger partial charge in [-0.05, 0) is 26.7 Å². The van der Waals surface area contributed by atoms with Crippen molar-refractivity contribution < 1.29 is 79.2 Å². The molecule has 3 aliphatic rings. The molecule has 0 bridgehead atoms. The molecule has 0 aromatic carbocycles. The van der Waals surface area contributed by atoms with Gasteiger partial charge in [-0.2, -0.15) is 0 Å². The topological polar surface area (TPSA) is 267 Å². The third kappa shape index (κ3) is 10.9. The van der Waals surface area contributed by atoms with E-state index in [0.717, 1.165) is 25.7 Å². The molecule has 3 rings (SSSR count). The van der Waals surface area contributed by atoms with Crippen LogP contribution in [0.4, 0.5) is 0 Å². The van der Waals surface area contributed by atoms with Crippen LogP contribution in [0.1, 0.15) is 58.8 Å². The number of ether oxygens (including phenoxy) is 6. The largest absolute Gasteiger partial charge is 0.481 e. The molecule has 0 aromatic rings. The first-order chi connectivity index (χ1) is 21.9. The molecular weight excluding hydrogens is 618 g/mol. The monoisotopic (exact) mass is 671 g/mol. The predicted molar refractivity (Wildman–Crippen MR) is 155 cm³/mol. The third-order valence-electron chi connectivity index (χ3n) is 8.58. The fraction of sp³-hybridized carbons (Fsp3) is 0.966. The normalized spacial score (nSPS) is 40.9. The van der Waals surface area contributed by atoms with Crippen LogP contribution >= 0.6 is 0 Å². The van der Waals surface area contributed by atoms with Crippen molar-refractivity contribution in [1.29, 1.82) is 0 Å². The van der Waals surface area contributed by atoms with Crippen molar-refractivity contribution in [2.45, 2.75) is 151 Å². The Kier molecular flexibility index (Phi) is 16.4. The maximum atomic E-state index is 11.1. The summed E-state index contributed by atoms with van der Waals surface area (Å²) in [4.78, 5) is 10.6. The van der Waals surface area contributed by atoms with Gasteiger partial charge in [0.15, 0.2) is 18.9 Å². The summed E-state index contributed by atoms with van der Waals surface area (Å²) in [5.74, 6) is -0.799. The summed E-state index contributed by atoms with van der Waals surface area (Å²) in [6.07, 6.45) is -15.2. The van der Waals surface area contributed by atoms with E-state index in [4.69, 9.17) is 33.5 Å². The Bertz CT molecular complexity index is 888. The van der Waals surface area contributed by atoms with Gasteiger partial charge in [0.05, 0.1) is 32.0 Å². The number of aliphatic hydroxyl groups excluding tert-OH is 8. The molecule has 3 aliphatic heterocycles. The second kappa shape index (κ2) is 19.2. The molecule has 1 unspecified atom stereocenters. The van der Waals surface area contributed by atoms with Crippen molar-refractivity contribution in [2.24, 2.45) is 0 Å². The number of hydrogen-bond acceptors (Lipinski definition) is 16. The van der Waals surface area contributed by atoms with Crippen LogP contribution in [-0.4, -0.2) is 170 Å². The third-order valence-corrected chi connectivity index (χ3v) is 8.58. The molecule has 10 N–H and O–H groups in total. The van der Waals surface area contributed by atoms with E-state index in [1.807, 2.05) is 6.92 Å². The molecule has 0 amide bonds. The molecule has 15 atom stereocenters. The van der Waals surface area contributed by atoms with E-state index in [-0.39, 0.29) is 25.5 Å². The average Bonchev–Trinajstić information content (AvgIpc) is 3.02. The van der Waals surface area contributed by atoms with E-state index in [2.05, 4.69) is 5.32 Å². The Labute approximate surface area is 267 Å². The van der Waals surface area contributed by atoms with E-state index >= 15 is 0 Å². The summed E-state index contributed by atoms with van der Waals surface area (Å²) in [6.45, 7) is 2.62. The number of aliphatic hydroxyl groups is 8. The molecule has 0 spiro atoms. The summed E-state index contributed by atoms with van der Waals surface area (Å²) >= 11 is 0. The lowest BCUT2D eigenvalue weighted by atomic mass is 9.96. The van der Waals surface area contributed by atoms with E-state index in [1.165, 1.54) is 6.92 Å². The first kappa shape index (κ1) is 39.3. The number of carbonyl (C=O) groups is 1. The van der Waals surface area contributed by atoms with Crippen molar-refractivity contribution in [1.82, 2.24) is 5.32 Å². The SMILES string of the molecule is CC(CCCCCCC(=O)O)NCCO[C@@H]1O[C@H](CO)[C@H](O)[C@H](O[C@@H]2C[C@@H](O)[C@@H](O)[C@@H](CO)O2)[C@H]1O[C@@H]1O[C@@H](C)[C@@H](O)[C@@H](O)[C@@H]1O. The number of carboxylic acids is 1. The second-order valence-electron chi connectivity index (χ2n) is 12.3. The zero-order valence-corrected chi connectivity index (χ0v) is 26.3. The zero-order chi connectivity index (χ0) is 34.0. The first-order valence-corrected chi connectivity index (χ1v) is 16.0. The fourth-order valence-corrected chi connectivity index (χ4v) is 5.75. The van der Waals surface area contributed by atoms with E-state index in [9.17, 15) is 45.6 Å². The van der Waals surface area contributed by atoms with Crippen LogP contribution in [0.15, 0.2) is 0 Å². The smallest absolute Gasteiger partial charge is 0.303 e. The van der Waals surface area contributed by atoms with E-state index < -0.39 is 105 Å². The van der Waals surface area contributed by atoms with Crippen LogP contribution in [0.25, 0.3) is 0 Å². The zero-order valence-electron chi connectivity index (χ0n) is 26.3. The number of nitrogens with one attached hydrogen (secondary N) is 1. The molecule has 270 valence electrons. The Balaban J connectivity index is 1.68. The quantitative estimate of drug-likeness (QED) is 0.0647. The Hall–Kier alpha value is -1.13. The van der Waals surface area contributed by atoms with Crippen molar-refractivity contribution in [3.05, 3.63) is 0 Å². The van der Waals surface area contributed by atoms with Crippen LogP contribution in [-0.2, 0) is 33.2 Å². The van der Waals surface area contributed by atoms with Gasteiger partial charge in [-0.1, -0.05) is 19.3 Å². The Morgan fingerprint density at radius 1 is 0.804 bits per heavy atom. The van der Waals surface area contributed by atoms with Gasteiger partial charge in [0.1, 0.15) is 54.9 Å². The summed E-state index contributed by atoms with van der Waals surface area (Å²) in [7, 11) is 0. The van der Waals surface area contributed by atoms with E-state index in [1.54, 1.807) is 0 Å². The van der Waals surface area contributed by atoms with Gasteiger partial charge in [-0.15, -0.1) is 0 Å². The van der Waals surface area contributed by atoms with Crippen LogP contribution in [0.3, 0.4) is 0 Å². The van der Waals surface area contributed by atoms with Crippen molar-refractivity contribution in [3.8, 4) is 0 Å². The molecule has 0 aromatic heterocycles. The number of hydrogen-bond donors (Lipinski definition) is 10. The number of unbranched alkanes of at least 4 members (excludes halogenated alkanes) is 3. The van der Waals surface area contributed by atoms with Gasteiger partial charge >= 0.3 is 5.97 Å². The summed E-state index contributed by atoms with van der Waals surface area (Å²) < 4.78 is 35.0. The molecule has 0 radical (unpaired) electrons. The molecule has 0 aliphatic carbocycles. The predicted octanol–water partition coefficient (Wildman–Crippen LogP) is -3.09. The highest BCUT2D eigenvalue weighted by molar-refractivity contribution is 5.66. The molecule has 17 nitrogen and oxygen atoms in total. The van der Waals surface area contributed by atoms with Gasteiger partial charge in [0.2, 0.25) is 0 Å². The highest BCUT2D eigenvalue weighted by Gasteiger charge is 2.52. The summed E-state index contributed by atoms with van der Waals surface area (Å²) in [6, 6.07) is 0.121. The van der Waals surface area contributed by atoms with Gasteiger partial charge in [-0.3, -0.25) is 4.79 Å². The standard InChI is InChI=1S/C29H53NO16/c1-14(7-5-3-4-6-8-19(34)35)30-9-10-41-29-27(46-28-25(40)24(39)21(36)15(2)42-28)26(23(38)18(13-32)44-29)45-20-11-16(33)22(37)17(12-31)43-20/h14-18,20-33,36-40H,3-13H2,1-2H3,(H,34,35)/t14?,15-,16+,17+,18+,20+,21+,22+,23-,24+,25-,26-,27+,28-,29+/m0/s1. The van der Waals surface area contributed by atoms with Crippen molar-refractivity contribution in [3.63, 3.8) is 0 Å². The summed E-state index contributed by atoms with van der Waals surface area (Å²) in [5.41, 5.74) is 0. The molecule has 17 heteroatoms. The van der Waals surface area contributed by atoms with Crippen molar-refractivity contribution in [2.75, 3.05) is 26.4 Å². The molecule has 0 saturated carbocycles. The number of aliphatic carboxylic acids is 1. The molecular formula is C29H53NO16. The minimum Gasteiger partial charge on any atom is -0.481 e. The van der Waals surface area contributed by atoms with Crippen molar-refractivity contribution >= 4 is 5.97 Å². The minimum atomic E-state index is -1.71.